The molecule has 3 atom stereocenters. The van der Waals surface area contributed by atoms with Gasteiger partial charge in [-0.15, -0.1) is 0 Å². The number of ether oxygens (including phenoxy) is 1. The summed E-state index contributed by atoms with van der Waals surface area (Å²) in [5.74, 6) is -0.0602. The summed E-state index contributed by atoms with van der Waals surface area (Å²) in [5.41, 5.74) is 0. The molecule has 2 heterocycles. The largest absolute Gasteiger partial charge is 0.466 e. The lowest BCUT2D eigenvalue weighted by Gasteiger charge is -2.33. The highest BCUT2D eigenvalue weighted by Crippen LogP contribution is 2.27. The van der Waals surface area contributed by atoms with Gasteiger partial charge in [-0.05, 0) is 52.6 Å². The number of likely N-dealkylation sites (tertiary alicyclic amines) is 1. The molecule has 3 unspecified atom stereocenters. The molecule has 18 heavy (non-hydrogen) atoms. The van der Waals surface area contributed by atoms with Crippen molar-refractivity contribution in [1.29, 1.82) is 0 Å². The summed E-state index contributed by atoms with van der Waals surface area (Å²) in [4.78, 5) is 14.1. The highest BCUT2D eigenvalue weighted by atomic mass is 16.5. The average Bonchev–Trinajstić information content (AvgIpc) is 3.00. The third-order valence-electron chi connectivity index (χ3n) is 4.24. The number of esters is 1. The van der Waals surface area contributed by atoms with Crippen LogP contribution in [0.3, 0.4) is 0 Å². The van der Waals surface area contributed by atoms with Crippen LogP contribution in [-0.4, -0.2) is 48.7 Å². The second-order valence-electron chi connectivity index (χ2n) is 5.51. The normalized spacial score (nSPS) is 30.6. The number of carbonyl (C=O) groups is 1. The molecule has 0 aromatic rings. The maximum absolute atomic E-state index is 11.6. The molecule has 0 bridgehead atoms. The van der Waals surface area contributed by atoms with Crippen molar-refractivity contribution in [1.82, 2.24) is 10.2 Å². The molecule has 0 aromatic heterocycles. The van der Waals surface area contributed by atoms with E-state index in [1.54, 1.807) is 0 Å². The highest BCUT2D eigenvalue weighted by Gasteiger charge is 2.35. The van der Waals surface area contributed by atoms with Gasteiger partial charge in [0, 0.05) is 18.1 Å². The molecule has 0 saturated carbocycles. The molecule has 4 nitrogen and oxygen atoms in total. The minimum atomic E-state index is -0.0602. The first-order valence-corrected chi connectivity index (χ1v) is 7.37. The van der Waals surface area contributed by atoms with E-state index in [-0.39, 0.29) is 5.97 Å². The molecular formula is C14H26N2O2. The fourth-order valence-corrected chi connectivity index (χ4v) is 3.41. The third-order valence-corrected chi connectivity index (χ3v) is 4.24. The second-order valence-corrected chi connectivity index (χ2v) is 5.51. The van der Waals surface area contributed by atoms with Crippen molar-refractivity contribution in [3.63, 3.8) is 0 Å². The zero-order valence-electron chi connectivity index (χ0n) is 11.7. The van der Waals surface area contributed by atoms with E-state index in [9.17, 15) is 4.79 Å². The molecule has 0 amide bonds. The van der Waals surface area contributed by atoms with E-state index in [0.717, 1.165) is 13.1 Å². The van der Waals surface area contributed by atoms with Crippen LogP contribution in [0.1, 0.15) is 46.0 Å². The summed E-state index contributed by atoms with van der Waals surface area (Å²) in [5, 5.41) is 3.60. The molecule has 0 radical (unpaired) electrons. The Balaban J connectivity index is 1.87. The number of nitrogens with one attached hydrogen (secondary N) is 1. The van der Waals surface area contributed by atoms with Crippen LogP contribution in [0.25, 0.3) is 0 Å². The summed E-state index contributed by atoms with van der Waals surface area (Å²) >= 11 is 0. The molecule has 1 N–H and O–H groups in total. The standard InChI is InChI=1S/C14H26N2O2/c1-3-18-14(17)10-11(2)16-9-5-7-13(16)12-6-4-8-15-12/h11-13,15H,3-10H2,1-2H3. The van der Waals surface area contributed by atoms with Gasteiger partial charge in [-0.3, -0.25) is 9.69 Å². The Hall–Kier alpha value is -0.610. The Labute approximate surface area is 110 Å². The van der Waals surface area contributed by atoms with E-state index in [1.165, 1.54) is 25.7 Å². The summed E-state index contributed by atoms with van der Waals surface area (Å²) < 4.78 is 5.05. The zero-order valence-corrected chi connectivity index (χ0v) is 11.7. The van der Waals surface area contributed by atoms with Crippen molar-refractivity contribution in [3.05, 3.63) is 0 Å². The first kappa shape index (κ1) is 13.8. The number of hydrogen-bond acceptors (Lipinski definition) is 4. The van der Waals surface area contributed by atoms with E-state index >= 15 is 0 Å². The van der Waals surface area contributed by atoms with E-state index < -0.39 is 0 Å². The Morgan fingerprint density at radius 2 is 2.28 bits per heavy atom. The molecule has 2 rings (SSSR count). The zero-order chi connectivity index (χ0) is 13.0. The van der Waals surface area contributed by atoms with E-state index in [4.69, 9.17) is 4.74 Å². The monoisotopic (exact) mass is 254 g/mol. The van der Waals surface area contributed by atoms with E-state index in [0.29, 0.717) is 31.2 Å². The SMILES string of the molecule is CCOC(=O)CC(C)N1CCCC1C1CCCN1. The van der Waals surface area contributed by atoms with E-state index in [1.807, 2.05) is 6.92 Å². The van der Waals surface area contributed by atoms with Gasteiger partial charge in [0.2, 0.25) is 0 Å². The maximum atomic E-state index is 11.6. The van der Waals surface area contributed by atoms with Gasteiger partial charge >= 0.3 is 5.97 Å². The minimum absolute atomic E-state index is 0.0602. The fourth-order valence-electron chi connectivity index (χ4n) is 3.41. The smallest absolute Gasteiger partial charge is 0.307 e. The summed E-state index contributed by atoms with van der Waals surface area (Å²) in [6, 6.07) is 1.56. The van der Waals surface area contributed by atoms with Crippen molar-refractivity contribution in [2.45, 2.75) is 64.1 Å². The first-order valence-electron chi connectivity index (χ1n) is 7.37. The van der Waals surface area contributed by atoms with Crippen molar-refractivity contribution in [2.24, 2.45) is 0 Å². The lowest BCUT2D eigenvalue weighted by molar-refractivity contribution is -0.144. The lowest BCUT2D eigenvalue weighted by atomic mass is 10.0. The van der Waals surface area contributed by atoms with Crippen molar-refractivity contribution in [2.75, 3.05) is 19.7 Å². The van der Waals surface area contributed by atoms with Crippen LogP contribution in [0.5, 0.6) is 0 Å². The molecule has 4 heteroatoms. The summed E-state index contributed by atoms with van der Waals surface area (Å²) in [7, 11) is 0. The highest BCUT2D eigenvalue weighted by molar-refractivity contribution is 5.70. The molecule has 2 aliphatic rings. The number of carbonyl (C=O) groups excluding carboxylic acids is 1. The lowest BCUT2D eigenvalue weighted by Crippen LogP contribution is -2.48. The van der Waals surface area contributed by atoms with Crippen LogP contribution < -0.4 is 5.32 Å². The number of hydrogen-bond donors (Lipinski definition) is 1. The molecule has 0 aromatic carbocycles. The van der Waals surface area contributed by atoms with Crippen LogP contribution in [0.2, 0.25) is 0 Å². The Morgan fingerprint density at radius 3 is 2.94 bits per heavy atom. The van der Waals surface area contributed by atoms with Crippen LogP contribution in [-0.2, 0) is 9.53 Å². The van der Waals surface area contributed by atoms with Crippen LogP contribution in [0, 0.1) is 0 Å². The first-order chi connectivity index (χ1) is 8.72. The fraction of sp³-hybridized carbons (Fsp3) is 0.929. The van der Waals surface area contributed by atoms with Gasteiger partial charge in [-0.1, -0.05) is 0 Å². The molecule has 0 aliphatic carbocycles. The average molecular weight is 254 g/mol. The van der Waals surface area contributed by atoms with Crippen molar-refractivity contribution >= 4 is 5.97 Å². The van der Waals surface area contributed by atoms with Gasteiger partial charge < -0.3 is 10.1 Å². The summed E-state index contributed by atoms with van der Waals surface area (Å²) in [6.07, 6.45) is 5.63. The Bertz CT molecular complexity index is 277. The van der Waals surface area contributed by atoms with Crippen molar-refractivity contribution in [3.8, 4) is 0 Å². The quantitative estimate of drug-likeness (QED) is 0.756. The molecule has 0 spiro atoms. The summed E-state index contributed by atoms with van der Waals surface area (Å²) in [6.45, 7) is 6.79. The number of rotatable bonds is 5. The van der Waals surface area contributed by atoms with Gasteiger partial charge in [0.25, 0.3) is 0 Å². The van der Waals surface area contributed by atoms with Crippen LogP contribution >= 0.6 is 0 Å². The van der Waals surface area contributed by atoms with E-state index in [2.05, 4.69) is 17.1 Å². The van der Waals surface area contributed by atoms with Crippen LogP contribution in [0.15, 0.2) is 0 Å². The van der Waals surface area contributed by atoms with Gasteiger partial charge in [-0.25, -0.2) is 0 Å². The molecule has 2 saturated heterocycles. The molecule has 2 fully saturated rings. The second kappa shape index (κ2) is 6.53. The van der Waals surface area contributed by atoms with Gasteiger partial charge in [0.15, 0.2) is 0 Å². The van der Waals surface area contributed by atoms with Gasteiger partial charge in [0.05, 0.1) is 13.0 Å². The minimum Gasteiger partial charge on any atom is -0.466 e. The predicted molar refractivity (Wildman–Crippen MR) is 71.5 cm³/mol. The predicted octanol–water partition coefficient (Wildman–Crippen LogP) is 1.54. The molecule has 2 aliphatic heterocycles. The maximum Gasteiger partial charge on any atom is 0.307 e. The third kappa shape index (κ3) is 3.23. The topological polar surface area (TPSA) is 41.6 Å². The number of nitrogens with zero attached hydrogens (tertiary/aromatic N) is 1. The van der Waals surface area contributed by atoms with Gasteiger partial charge in [0.1, 0.15) is 0 Å². The van der Waals surface area contributed by atoms with Gasteiger partial charge in [-0.2, -0.15) is 0 Å². The van der Waals surface area contributed by atoms with Crippen molar-refractivity contribution < 1.29 is 9.53 Å². The Kier molecular flexibility index (Phi) is 5.01. The molecular weight excluding hydrogens is 228 g/mol. The Morgan fingerprint density at radius 1 is 1.44 bits per heavy atom. The molecule has 104 valence electrons. The van der Waals surface area contributed by atoms with Crippen LogP contribution in [0.4, 0.5) is 0 Å².